The maximum atomic E-state index is 5.46. The monoisotopic (exact) mass is 163 g/mol. The van der Waals surface area contributed by atoms with Crippen LogP contribution in [-0.4, -0.2) is 19.1 Å². The Balaban J connectivity index is 2.65. The zero-order chi connectivity index (χ0) is 7.66. The van der Waals surface area contributed by atoms with Crippen molar-refractivity contribution in [2.24, 2.45) is 0 Å². The van der Waals surface area contributed by atoms with Crippen molar-refractivity contribution >= 4 is 11.6 Å². The minimum Gasteiger partial charge on any atom is -0.381 e. The van der Waals surface area contributed by atoms with Crippen LogP contribution in [0.3, 0.4) is 0 Å². The SMILES string of the molecule is C[CH]CCCOCCCCl. The van der Waals surface area contributed by atoms with Gasteiger partial charge in [0.2, 0.25) is 0 Å². The lowest BCUT2D eigenvalue weighted by Crippen LogP contribution is -1.97. The first kappa shape index (κ1) is 10.2. The van der Waals surface area contributed by atoms with E-state index in [2.05, 4.69) is 13.3 Å². The van der Waals surface area contributed by atoms with Gasteiger partial charge in [-0.1, -0.05) is 6.92 Å². The van der Waals surface area contributed by atoms with Crippen LogP contribution in [0.5, 0.6) is 0 Å². The number of ether oxygens (including phenoxy) is 1. The predicted molar refractivity (Wildman–Crippen MR) is 45.4 cm³/mol. The first-order valence-electron chi connectivity index (χ1n) is 3.83. The average molecular weight is 164 g/mol. The molecule has 0 heterocycles. The highest BCUT2D eigenvalue weighted by Crippen LogP contribution is 1.94. The van der Waals surface area contributed by atoms with Crippen molar-refractivity contribution in [2.45, 2.75) is 26.2 Å². The Morgan fingerprint density at radius 2 is 2.00 bits per heavy atom. The Kier molecular flexibility index (Phi) is 9.48. The van der Waals surface area contributed by atoms with E-state index < -0.39 is 0 Å². The summed E-state index contributed by atoms with van der Waals surface area (Å²) in [5.41, 5.74) is 0. The summed E-state index contributed by atoms with van der Waals surface area (Å²) in [5.74, 6) is 0.708. The Hall–Kier alpha value is 0.250. The topological polar surface area (TPSA) is 9.23 Å². The van der Waals surface area contributed by atoms with Gasteiger partial charge in [-0.15, -0.1) is 11.6 Å². The molecule has 0 aromatic carbocycles. The lowest BCUT2D eigenvalue weighted by Gasteiger charge is -2.00. The van der Waals surface area contributed by atoms with Gasteiger partial charge in [-0.05, 0) is 25.7 Å². The van der Waals surface area contributed by atoms with E-state index in [-0.39, 0.29) is 0 Å². The minimum atomic E-state index is 0.708. The quantitative estimate of drug-likeness (QED) is 0.414. The van der Waals surface area contributed by atoms with Gasteiger partial charge in [0.25, 0.3) is 0 Å². The molecule has 0 N–H and O–H groups in total. The van der Waals surface area contributed by atoms with E-state index in [0.29, 0.717) is 5.88 Å². The zero-order valence-corrected chi connectivity index (χ0v) is 7.36. The van der Waals surface area contributed by atoms with Crippen LogP contribution in [0.2, 0.25) is 0 Å². The van der Waals surface area contributed by atoms with Gasteiger partial charge in [-0.25, -0.2) is 0 Å². The molecule has 1 radical (unpaired) electrons. The molecule has 0 rings (SSSR count). The largest absolute Gasteiger partial charge is 0.381 e. The first-order chi connectivity index (χ1) is 4.91. The third-order valence-electron chi connectivity index (χ3n) is 1.20. The fourth-order valence-corrected chi connectivity index (χ4v) is 0.757. The van der Waals surface area contributed by atoms with Gasteiger partial charge in [0.05, 0.1) is 0 Å². The summed E-state index contributed by atoms with van der Waals surface area (Å²) in [5, 5.41) is 0. The summed E-state index contributed by atoms with van der Waals surface area (Å²) < 4.78 is 5.27. The normalized spacial score (nSPS) is 10.2. The summed E-state index contributed by atoms with van der Waals surface area (Å²) in [6.45, 7) is 3.76. The molecule has 0 aromatic heterocycles. The van der Waals surface area contributed by atoms with Crippen molar-refractivity contribution < 1.29 is 4.74 Å². The number of alkyl halides is 1. The number of halogens is 1. The molecule has 0 spiro atoms. The molecular weight excluding hydrogens is 148 g/mol. The highest BCUT2D eigenvalue weighted by atomic mass is 35.5. The van der Waals surface area contributed by atoms with Gasteiger partial charge in [-0.3, -0.25) is 0 Å². The van der Waals surface area contributed by atoms with E-state index in [1.807, 2.05) is 0 Å². The highest BCUT2D eigenvalue weighted by molar-refractivity contribution is 6.17. The molecule has 0 atom stereocenters. The predicted octanol–water partition coefficient (Wildman–Crippen LogP) is 2.64. The molecule has 0 fully saturated rings. The van der Waals surface area contributed by atoms with Crippen molar-refractivity contribution in [3.8, 4) is 0 Å². The summed E-state index contributed by atoms with van der Waals surface area (Å²) in [7, 11) is 0. The summed E-state index contributed by atoms with van der Waals surface area (Å²) in [4.78, 5) is 0. The smallest absolute Gasteiger partial charge is 0.0477 e. The van der Waals surface area contributed by atoms with E-state index in [1.165, 1.54) is 0 Å². The molecular formula is C8H16ClO. The molecule has 0 amide bonds. The van der Waals surface area contributed by atoms with Crippen molar-refractivity contribution in [2.75, 3.05) is 19.1 Å². The number of hydrogen-bond acceptors (Lipinski definition) is 1. The number of unbranched alkanes of at least 4 members (excludes halogenated alkanes) is 2. The van der Waals surface area contributed by atoms with Crippen LogP contribution in [0, 0.1) is 6.42 Å². The molecule has 0 aliphatic heterocycles. The molecule has 0 bridgehead atoms. The van der Waals surface area contributed by atoms with Crippen molar-refractivity contribution in [1.82, 2.24) is 0 Å². The van der Waals surface area contributed by atoms with E-state index in [9.17, 15) is 0 Å². The van der Waals surface area contributed by atoms with Crippen LogP contribution in [0.4, 0.5) is 0 Å². The molecule has 0 unspecified atom stereocenters. The maximum Gasteiger partial charge on any atom is 0.0477 e. The van der Waals surface area contributed by atoms with E-state index >= 15 is 0 Å². The molecule has 0 aliphatic carbocycles. The molecule has 2 heteroatoms. The van der Waals surface area contributed by atoms with Crippen molar-refractivity contribution in [3.05, 3.63) is 6.42 Å². The Morgan fingerprint density at radius 3 is 2.60 bits per heavy atom. The van der Waals surface area contributed by atoms with Crippen molar-refractivity contribution in [3.63, 3.8) is 0 Å². The second-order valence-corrected chi connectivity index (χ2v) is 2.58. The van der Waals surface area contributed by atoms with E-state index in [0.717, 1.165) is 32.5 Å². The third-order valence-corrected chi connectivity index (χ3v) is 1.47. The zero-order valence-electron chi connectivity index (χ0n) is 6.61. The van der Waals surface area contributed by atoms with Gasteiger partial charge in [0.1, 0.15) is 0 Å². The van der Waals surface area contributed by atoms with Crippen LogP contribution < -0.4 is 0 Å². The first-order valence-corrected chi connectivity index (χ1v) is 4.36. The molecule has 0 aromatic rings. The molecule has 0 saturated carbocycles. The summed E-state index contributed by atoms with van der Waals surface area (Å²) in [6, 6.07) is 0. The highest BCUT2D eigenvalue weighted by Gasteiger charge is 1.87. The van der Waals surface area contributed by atoms with Gasteiger partial charge in [-0.2, -0.15) is 0 Å². The molecule has 1 nitrogen and oxygen atoms in total. The summed E-state index contributed by atoms with van der Waals surface area (Å²) >= 11 is 5.46. The Labute approximate surface area is 68.7 Å². The third kappa shape index (κ3) is 8.25. The van der Waals surface area contributed by atoms with Crippen LogP contribution in [0.1, 0.15) is 26.2 Å². The fraction of sp³-hybridized carbons (Fsp3) is 0.875. The maximum absolute atomic E-state index is 5.46. The number of hydrogen-bond donors (Lipinski definition) is 0. The Bertz CT molecular complexity index is 49.2. The number of rotatable bonds is 7. The lowest BCUT2D eigenvalue weighted by atomic mass is 10.3. The Morgan fingerprint density at radius 1 is 1.30 bits per heavy atom. The van der Waals surface area contributed by atoms with Crippen LogP contribution >= 0.6 is 11.6 Å². The second-order valence-electron chi connectivity index (χ2n) is 2.21. The average Bonchev–Trinajstić information content (AvgIpc) is 1.97. The van der Waals surface area contributed by atoms with E-state index in [4.69, 9.17) is 16.3 Å². The van der Waals surface area contributed by atoms with Crippen molar-refractivity contribution in [1.29, 1.82) is 0 Å². The molecule has 0 aliphatic rings. The van der Waals surface area contributed by atoms with Crippen LogP contribution in [-0.2, 0) is 4.74 Å². The summed E-state index contributed by atoms with van der Waals surface area (Å²) in [6.07, 6.45) is 5.42. The lowest BCUT2D eigenvalue weighted by molar-refractivity contribution is 0.133. The molecule has 61 valence electrons. The molecule has 0 saturated heterocycles. The molecule has 10 heavy (non-hydrogen) atoms. The van der Waals surface area contributed by atoms with Gasteiger partial charge in [0, 0.05) is 19.1 Å². The standard InChI is InChI=1S/C8H16ClO/c1-2-3-4-7-10-8-5-6-9/h2H,3-8H2,1H3. The second kappa shape index (κ2) is 9.25. The van der Waals surface area contributed by atoms with Crippen LogP contribution in [0.25, 0.3) is 0 Å². The van der Waals surface area contributed by atoms with Gasteiger partial charge < -0.3 is 4.74 Å². The van der Waals surface area contributed by atoms with Gasteiger partial charge in [0.15, 0.2) is 0 Å². The van der Waals surface area contributed by atoms with Crippen LogP contribution in [0.15, 0.2) is 0 Å². The minimum absolute atomic E-state index is 0.708. The fourth-order valence-electron chi connectivity index (χ4n) is 0.648. The van der Waals surface area contributed by atoms with E-state index in [1.54, 1.807) is 0 Å². The van der Waals surface area contributed by atoms with Gasteiger partial charge >= 0.3 is 0 Å².